The summed E-state index contributed by atoms with van der Waals surface area (Å²) in [7, 11) is 0. The molecule has 0 saturated heterocycles. The Bertz CT molecular complexity index is 468. The molecule has 0 aromatic heterocycles. The number of nitrogens with zero attached hydrogens (tertiary/aromatic N) is 1. The lowest BCUT2D eigenvalue weighted by Gasteiger charge is -2.22. The lowest BCUT2D eigenvalue weighted by Crippen LogP contribution is -2.25. The van der Waals surface area contributed by atoms with Crippen LogP contribution >= 0.6 is 0 Å². The topological polar surface area (TPSA) is 40.5 Å². The van der Waals surface area contributed by atoms with E-state index in [0.29, 0.717) is 12.3 Å². The van der Waals surface area contributed by atoms with Crippen LogP contribution in [0.15, 0.2) is 18.2 Å². The quantitative estimate of drug-likeness (QED) is 0.886. The Kier molecular flexibility index (Phi) is 4.13. The van der Waals surface area contributed by atoms with Gasteiger partial charge in [0, 0.05) is 18.8 Å². The number of carboxylic acid groups (broad SMARTS) is 1. The fourth-order valence-corrected chi connectivity index (χ4v) is 2.81. The molecule has 0 radical (unpaired) electrons. The maximum absolute atomic E-state index is 11.0. The first-order chi connectivity index (χ1) is 8.99. The van der Waals surface area contributed by atoms with Crippen LogP contribution in [0.3, 0.4) is 0 Å². The number of carbonyl (C=O) groups is 1. The van der Waals surface area contributed by atoms with E-state index in [-0.39, 0.29) is 5.92 Å². The van der Waals surface area contributed by atoms with Gasteiger partial charge in [-0.25, -0.2) is 0 Å². The first-order valence-electron chi connectivity index (χ1n) is 7.07. The molecule has 1 aliphatic heterocycles. The smallest absolute Gasteiger partial charge is 0.306 e. The second-order valence-electron chi connectivity index (χ2n) is 5.95. The molecule has 1 heterocycles. The van der Waals surface area contributed by atoms with Gasteiger partial charge in [0.1, 0.15) is 0 Å². The van der Waals surface area contributed by atoms with Crippen LogP contribution in [0, 0.1) is 11.8 Å². The highest BCUT2D eigenvalue weighted by Crippen LogP contribution is 2.32. The number of anilines is 1. The van der Waals surface area contributed by atoms with Gasteiger partial charge in [-0.1, -0.05) is 32.9 Å². The largest absolute Gasteiger partial charge is 0.481 e. The molecule has 1 aromatic rings. The molecule has 0 fully saturated rings. The van der Waals surface area contributed by atoms with E-state index in [1.54, 1.807) is 6.92 Å². The molecule has 1 aromatic carbocycles. The number of rotatable bonds is 5. The first-order valence-corrected chi connectivity index (χ1v) is 7.07. The van der Waals surface area contributed by atoms with Crippen LogP contribution in [-0.4, -0.2) is 24.2 Å². The summed E-state index contributed by atoms with van der Waals surface area (Å²) in [6.45, 7) is 8.38. The first kappa shape index (κ1) is 13.9. The van der Waals surface area contributed by atoms with E-state index in [1.165, 1.54) is 16.8 Å². The minimum absolute atomic E-state index is 0.314. The van der Waals surface area contributed by atoms with Crippen molar-refractivity contribution in [1.29, 1.82) is 0 Å². The molecule has 0 amide bonds. The molecule has 0 spiro atoms. The van der Waals surface area contributed by atoms with E-state index in [0.717, 1.165) is 19.5 Å². The third-order valence-corrected chi connectivity index (χ3v) is 3.75. The third kappa shape index (κ3) is 3.09. The summed E-state index contributed by atoms with van der Waals surface area (Å²) in [6.07, 6.45) is 1.68. The zero-order chi connectivity index (χ0) is 14.0. The van der Waals surface area contributed by atoms with Gasteiger partial charge >= 0.3 is 5.97 Å². The SMILES string of the molecule is CC(C)CN1CCc2c(CC(C)C(=O)O)cccc21. The predicted molar refractivity (Wildman–Crippen MR) is 77.7 cm³/mol. The van der Waals surface area contributed by atoms with E-state index in [9.17, 15) is 4.79 Å². The maximum atomic E-state index is 11.0. The van der Waals surface area contributed by atoms with Gasteiger partial charge in [-0.3, -0.25) is 4.79 Å². The van der Waals surface area contributed by atoms with Crippen molar-refractivity contribution in [2.24, 2.45) is 11.8 Å². The lowest BCUT2D eigenvalue weighted by molar-refractivity contribution is -0.141. The highest BCUT2D eigenvalue weighted by Gasteiger charge is 2.23. The van der Waals surface area contributed by atoms with Crippen molar-refractivity contribution in [1.82, 2.24) is 0 Å². The van der Waals surface area contributed by atoms with Crippen LogP contribution in [0.1, 0.15) is 31.9 Å². The second kappa shape index (κ2) is 5.64. The number of benzene rings is 1. The molecule has 1 atom stereocenters. The standard InChI is InChI=1S/C16H23NO2/c1-11(2)10-17-8-7-14-13(5-4-6-15(14)17)9-12(3)16(18)19/h4-6,11-12H,7-10H2,1-3H3,(H,18,19). The Hall–Kier alpha value is -1.51. The van der Waals surface area contributed by atoms with Crippen LogP contribution in [0.4, 0.5) is 5.69 Å². The Balaban J connectivity index is 2.21. The number of hydrogen-bond donors (Lipinski definition) is 1. The summed E-state index contributed by atoms with van der Waals surface area (Å²) >= 11 is 0. The van der Waals surface area contributed by atoms with Crippen molar-refractivity contribution in [2.75, 3.05) is 18.0 Å². The number of carboxylic acids is 1. The summed E-state index contributed by atoms with van der Waals surface area (Å²) in [5, 5.41) is 9.05. The summed E-state index contributed by atoms with van der Waals surface area (Å²) < 4.78 is 0. The average molecular weight is 261 g/mol. The lowest BCUT2D eigenvalue weighted by atomic mass is 9.95. The summed E-state index contributed by atoms with van der Waals surface area (Å²) in [5.74, 6) is -0.382. The van der Waals surface area contributed by atoms with Gasteiger partial charge < -0.3 is 10.0 Å². The van der Waals surface area contributed by atoms with Gasteiger partial charge in [-0.15, -0.1) is 0 Å². The Morgan fingerprint density at radius 1 is 1.37 bits per heavy atom. The molecule has 1 N–H and O–H groups in total. The maximum Gasteiger partial charge on any atom is 0.306 e. The van der Waals surface area contributed by atoms with E-state index in [4.69, 9.17) is 5.11 Å². The zero-order valence-electron chi connectivity index (χ0n) is 12.0. The molecule has 0 bridgehead atoms. The van der Waals surface area contributed by atoms with Gasteiger partial charge in [0.05, 0.1) is 5.92 Å². The van der Waals surface area contributed by atoms with Crippen molar-refractivity contribution in [3.8, 4) is 0 Å². The molecule has 0 saturated carbocycles. The van der Waals surface area contributed by atoms with Gasteiger partial charge in [-0.2, -0.15) is 0 Å². The van der Waals surface area contributed by atoms with Crippen molar-refractivity contribution in [3.63, 3.8) is 0 Å². The predicted octanol–water partition coefficient (Wildman–Crippen LogP) is 2.97. The molecule has 2 rings (SSSR count). The van der Waals surface area contributed by atoms with Gasteiger partial charge in [0.15, 0.2) is 0 Å². The van der Waals surface area contributed by atoms with Crippen molar-refractivity contribution < 1.29 is 9.90 Å². The van der Waals surface area contributed by atoms with Gasteiger partial charge in [0.2, 0.25) is 0 Å². The zero-order valence-corrected chi connectivity index (χ0v) is 12.0. The molecule has 19 heavy (non-hydrogen) atoms. The Morgan fingerprint density at radius 3 is 2.74 bits per heavy atom. The van der Waals surface area contributed by atoms with Gasteiger partial charge in [-0.05, 0) is 36.0 Å². The molecular weight excluding hydrogens is 238 g/mol. The van der Waals surface area contributed by atoms with Crippen molar-refractivity contribution in [2.45, 2.75) is 33.6 Å². The minimum atomic E-state index is -0.713. The van der Waals surface area contributed by atoms with Crippen molar-refractivity contribution in [3.05, 3.63) is 29.3 Å². The summed E-state index contributed by atoms with van der Waals surface area (Å²) in [5.41, 5.74) is 3.87. The normalized spacial score (nSPS) is 15.7. The third-order valence-electron chi connectivity index (χ3n) is 3.75. The highest BCUT2D eigenvalue weighted by atomic mass is 16.4. The summed E-state index contributed by atoms with van der Waals surface area (Å²) in [6, 6.07) is 6.30. The van der Waals surface area contributed by atoms with Crippen LogP contribution in [0.25, 0.3) is 0 Å². The average Bonchev–Trinajstić information content (AvgIpc) is 2.73. The fraction of sp³-hybridized carbons (Fsp3) is 0.562. The molecule has 3 heteroatoms. The van der Waals surface area contributed by atoms with Crippen LogP contribution < -0.4 is 4.90 Å². The van der Waals surface area contributed by atoms with E-state index in [2.05, 4.69) is 36.9 Å². The molecule has 104 valence electrons. The minimum Gasteiger partial charge on any atom is -0.481 e. The molecule has 1 unspecified atom stereocenters. The van der Waals surface area contributed by atoms with Crippen LogP contribution in [0.2, 0.25) is 0 Å². The Morgan fingerprint density at radius 2 is 2.11 bits per heavy atom. The fourth-order valence-electron chi connectivity index (χ4n) is 2.81. The van der Waals surface area contributed by atoms with Gasteiger partial charge in [0.25, 0.3) is 0 Å². The second-order valence-corrected chi connectivity index (χ2v) is 5.95. The van der Waals surface area contributed by atoms with E-state index < -0.39 is 5.97 Å². The number of hydrogen-bond acceptors (Lipinski definition) is 2. The molecular formula is C16H23NO2. The number of aliphatic carboxylic acids is 1. The highest BCUT2D eigenvalue weighted by molar-refractivity contribution is 5.70. The number of fused-ring (bicyclic) bond motifs is 1. The Labute approximate surface area is 115 Å². The van der Waals surface area contributed by atoms with Crippen molar-refractivity contribution >= 4 is 11.7 Å². The van der Waals surface area contributed by atoms with E-state index >= 15 is 0 Å². The molecule has 1 aliphatic rings. The molecule has 3 nitrogen and oxygen atoms in total. The molecule has 0 aliphatic carbocycles. The van der Waals surface area contributed by atoms with Crippen LogP contribution in [0.5, 0.6) is 0 Å². The van der Waals surface area contributed by atoms with Crippen LogP contribution in [-0.2, 0) is 17.6 Å². The monoisotopic (exact) mass is 261 g/mol. The van der Waals surface area contributed by atoms with E-state index in [1.807, 2.05) is 0 Å². The summed E-state index contributed by atoms with van der Waals surface area (Å²) in [4.78, 5) is 13.4.